The van der Waals surface area contributed by atoms with E-state index in [1.54, 1.807) is 0 Å². The van der Waals surface area contributed by atoms with Crippen molar-refractivity contribution in [3.8, 4) is 22.3 Å². The zero-order valence-electron chi connectivity index (χ0n) is 24.1. The number of fused-ring (bicyclic) bond motifs is 8. The van der Waals surface area contributed by atoms with Crippen molar-refractivity contribution >= 4 is 32.2 Å². The summed E-state index contributed by atoms with van der Waals surface area (Å²) in [7, 11) is -0.851. The standard InChI is InChI=1S/C37H37NS/c1-36(2)29-19-16-23-12-8-9-13-25(23)35(29)28-22-31-27(21-32(28)36)26-18-17-24(20-30(26)37(31,3)4)38-33-14-10-11-15-34(33)39(5,6)7/h8-22,38H,1-7H3. The van der Waals surface area contributed by atoms with Gasteiger partial charge >= 0.3 is 0 Å². The molecule has 0 aromatic heterocycles. The first-order chi connectivity index (χ1) is 18.5. The molecular formula is C37H37NS. The lowest BCUT2D eigenvalue weighted by Crippen LogP contribution is -2.17. The van der Waals surface area contributed by atoms with Crippen molar-refractivity contribution in [1.29, 1.82) is 0 Å². The van der Waals surface area contributed by atoms with E-state index in [0.29, 0.717) is 0 Å². The highest BCUT2D eigenvalue weighted by Crippen LogP contribution is 2.57. The Bertz CT molecular complexity index is 1820. The van der Waals surface area contributed by atoms with E-state index >= 15 is 0 Å². The van der Waals surface area contributed by atoms with Crippen molar-refractivity contribution in [3.63, 3.8) is 0 Å². The molecule has 0 heterocycles. The molecule has 0 saturated carbocycles. The van der Waals surface area contributed by atoms with Crippen LogP contribution in [0.1, 0.15) is 49.9 Å². The van der Waals surface area contributed by atoms with E-state index in [1.807, 2.05) is 0 Å². The molecule has 2 heteroatoms. The topological polar surface area (TPSA) is 12.0 Å². The predicted molar refractivity (Wildman–Crippen MR) is 172 cm³/mol. The van der Waals surface area contributed by atoms with Crippen LogP contribution in [-0.2, 0) is 10.8 Å². The minimum atomic E-state index is -0.851. The van der Waals surface area contributed by atoms with Gasteiger partial charge in [-0.3, -0.25) is 0 Å². The van der Waals surface area contributed by atoms with Gasteiger partial charge in [0.2, 0.25) is 0 Å². The van der Waals surface area contributed by atoms with E-state index < -0.39 is 10.0 Å². The maximum absolute atomic E-state index is 3.79. The SMILES string of the molecule is CC1(C)c2cc(Nc3ccccc3S(C)(C)C)ccc2-c2cc3c(cc21)-c1c(ccc2ccccc12)C3(C)C. The third-order valence-corrected chi connectivity index (χ3v) is 10.9. The molecule has 39 heavy (non-hydrogen) atoms. The lowest BCUT2D eigenvalue weighted by molar-refractivity contribution is 0.652. The van der Waals surface area contributed by atoms with Crippen LogP contribution in [-0.4, -0.2) is 18.8 Å². The molecule has 0 atom stereocenters. The van der Waals surface area contributed by atoms with Crippen molar-refractivity contribution in [2.45, 2.75) is 43.4 Å². The van der Waals surface area contributed by atoms with E-state index in [4.69, 9.17) is 0 Å². The summed E-state index contributed by atoms with van der Waals surface area (Å²) in [5, 5.41) is 6.46. The van der Waals surface area contributed by atoms with E-state index in [9.17, 15) is 0 Å². The Balaban J connectivity index is 1.37. The summed E-state index contributed by atoms with van der Waals surface area (Å²) in [4.78, 5) is 1.41. The smallest absolute Gasteiger partial charge is 0.0507 e. The maximum Gasteiger partial charge on any atom is 0.0507 e. The fourth-order valence-electron chi connectivity index (χ4n) is 7.07. The Morgan fingerprint density at radius 1 is 0.564 bits per heavy atom. The number of para-hydroxylation sites is 1. The maximum atomic E-state index is 3.79. The molecule has 2 aliphatic carbocycles. The fraction of sp³-hybridized carbons (Fsp3) is 0.243. The Morgan fingerprint density at radius 2 is 1.21 bits per heavy atom. The monoisotopic (exact) mass is 527 g/mol. The zero-order chi connectivity index (χ0) is 27.3. The van der Waals surface area contributed by atoms with Gasteiger partial charge in [-0.25, -0.2) is 10.0 Å². The van der Waals surface area contributed by atoms with Crippen LogP contribution >= 0.6 is 10.0 Å². The van der Waals surface area contributed by atoms with Gasteiger partial charge in [0.25, 0.3) is 0 Å². The minimum absolute atomic E-state index is 0.0306. The van der Waals surface area contributed by atoms with Crippen molar-refractivity contribution in [1.82, 2.24) is 0 Å². The Kier molecular flexibility index (Phi) is 5.05. The summed E-state index contributed by atoms with van der Waals surface area (Å²) >= 11 is 0. The van der Waals surface area contributed by atoms with E-state index in [2.05, 4.69) is 143 Å². The number of hydrogen-bond donors (Lipinski definition) is 1. The second kappa shape index (κ2) is 8.02. The Labute approximate surface area is 234 Å². The van der Waals surface area contributed by atoms with Crippen LogP contribution in [0.4, 0.5) is 11.4 Å². The lowest BCUT2D eigenvalue weighted by atomic mass is 9.79. The molecule has 0 aliphatic heterocycles. The summed E-state index contributed by atoms with van der Waals surface area (Å²) in [6, 6.07) is 34.3. The molecular weight excluding hydrogens is 490 g/mol. The second-order valence-corrected chi connectivity index (χ2v) is 17.2. The average molecular weight is 528 g/mol. The van der Waals surface area contributed by atoms with Crippen LogP contribution in [0, 0.1) is 0 Å². The molecule has 7 rings (SSSR count). The molecule has 5 aromatic carbocycles. The van der Waals surface area contributed by atoms with E-state index in [0.717, 1.165) is 5.69 Å². The van der Waals surface area contributed by atoms with E-state index in [1.165, 1.54) is 65.9 Å². The molecule has 0 fully saturated rings. The first kappa shape index (κ1) is 24.5. The normalized spacial score (nSPS) is 16.4. The molecule has 0 unspecified atom stereocenters. The van der Waals surface area contributed by atoms with E-state index in [-0.39, 0.29) is 10.8 Å². The number of hydrogen-bond acceptors (Lipinski definition) is 1. The van der Waals surface area contributed by atoms with Gasteiger partial charge in [-0.2, -0.15) is 0 Å². The van der Waals surface area contributed by atoms with Crippen molar-refractivity contribution < 1.29 is 0 Å². The molecule has 196 valence electrons. The lowest BCUT2D eigenvalue weighted by Gasteiger charge is -2.29. The highest BCUT2D eigenvalue weighted by molar-refractivity contribution is 8.32. The number of benzene rings is 5. The van der Waals surface area contributed by atoms with Gasteiger partial charge < -0.3 is 5.32 Å². The molecule has 2 aliphatic rings. The first-order valence-electron chi connectivity index (χ1n) is 13.9. The van der Waals surface area contributed by atoms with Crippen LogP contribution in [0.15, 0.2) is 95.9 Å². The van der Waals surface area contributed by atoms with Gasteiger partial charge in [-0.05, 0) is 110 Å². The minimum Gasteiger partial charge on any atom is -0.355 e. The van der Waals surface area contributed by atoms with Crippen molar-refractivity contribution in [2.24, 2.45) is 0 Å². The third-order valence-electron chi connectivity index (χ3n) is 9.18. The largest absolute Gasteiger partial charge is 0.355 e. The quantitative estimate of drug-likeness (QED) is 0.246. The van der Waals surface area contributed by atoms with Crippen LogP contribution in [0.3, 0.4) is 0 Å². The van der Waals surface area contributed by atoms with Crippen LogP contribution < -0.4 is 5.32 Å². The average Bonchev–Trinajstić information content (AvgIpc) is 3.26. The number of rotatable bonds is 3. The van der Waals surface area contributed by atoms with Crippen molar-refractivity contribution in [3.05, 3.63) is 113 Å². The summed E-state index contributed by atoms with van der Waals surface area (Å²) in [5.74, 6) is 0. The van der Waals surface area contributed by atoms with Crippen LogP contribution in [0.2, 0.25) is 0 Å². The molecule has 1 N–H and O–H groups in total. The molecule has 5 aromatic rings. The van der Waals surface area contributed by atoms with Gasteiger partial charge in [0.05, 0.1) is 5.69 Å². The fourth-order valence-corrected chi connectivity index (χ4v) is 8.34. The third kappa shape index (κ3) is 3.47. The second-order valence-electron chi connectivity index (χ2n) is 13.1. The zero-order valence-corrected chi connectivity index (χ0v) is 24.9. The Morgan fingerprint density at radius 3 is 2.00 bits per heavy atom. The van der Waals surface area contributed by atoms with Gasteiger partial charge in [0.1, 0.15) is 0 Å². The summed E-state index contributed by atoms with van der Waals surface area (Å²) < 4.78 is 0. The molecule has 0 radical (unpaired) electrons. The highest BCUT2D eigenvalue weighted by atomic mass is 32.3. The molecule has 1 nitrogen and oxygen atoms in total. The predicted octanol–water partition coefficient (Wildman–Crippen LogP) is 10.2. The summed E-state index contributed by atoms with van der Waals surface area (Å²) in [6.45, 7) is 9.57. The molecule has 0 amide bonds. The van der Waals surface area contributed by atoms with Gasteiger partial charge in [0, 0.05) is 21.4 Å². The van der Waals surface area contributed by atoms with Gasteiger partial charge in [-0.1, -0.05) is 82.3 Å². The molecule has 0 saturated heterocycles. The summed E-state index contributed by atoms with van der Waals surface area (Å²) in [6.07, 6.45) is 7.08. The van der Waals surface area contributed by atoms with Crippen LogP contribution in [0.5, 0.6) is 0 Å². The van der Waals surface area contributed by atoms with Crippen molar-refractivity contribution in [2.75, 3.05) is 24.1 Å². The highest BCUT2D eigenvalue weighted by Gasteiger charge is 2.42. The van der Waals surface area contributed by atoms with Gasteiger partial charge in [0.15, 0.2) is 0 Å². The number of anilines is 2. The number of nitrogens with one attached hydrogen (secondary N) is 1. The Hall–Kier alpha value is -3.49. The summed E-state index contributed by atoms with van der Waals surface area (Å²) in [5.41, 5.74) is 13.6. The first-order valence-corrected chi connectivity index (χ1v) is 16.7. The molecule has 0 spiro atoms. The van der Waals surface area contributed by atoms with Crippen LogP contribution in [0.25, 0.3) is 33.0 Å². The van der Waals surface area contributed by atoms with Gasteiger partial charge in [-0.15, -0.1) is 0 Å². The molecule has 0 bridgehead atoms.